The van der Waals surface area contributed by atoms with Gasteiger partial charge in [-0.1, -0.05) is 6.07 Å². The number of phenolic OH excluding ortho intramolecular Hbond substituents is 1. The summed E-state index contributed by atoms with van der Waals surface area (Å²) in [5, 5.41) is 10.4. The van der Waals surface area contributed by atoms with Gasteiger partial charge in [0.15, 0.2) is 28.8 Å². The van der Waals surface area contributed by atoms with Crippen LogP contribution in [0, 0.1) is 0 Å². The first kappa shape index (κ1) is 22.8. The minimum Gasteiger partial charge on any atom is -0.502 e. The van der Waals surface area contributed by atoms with Gasteiger partial charge in [-0.3, -0.25) is 9.59 Å². The molecule has 0 saturated heterocycles. The Morgan fingerprint density at radius 1 is 0.892 bits per heavy atom. The molecule has 0 fully saturated rings. The number of methoxy groups -OCH3 is 2. The Balaban J connectivity index is 1.43. The number of esters is 1. The van der Waals surface area contributed by atoms with Crippen molar-refractivity contribution in [3.63, 3.8) is 0 Å². The van der Waals surface area contributed by atoms with Gasteiger partial charge in [-0.25, -0.2) is 0 Å². The summed E-state index contributed by atoms with van der Waals surface area (Å²) < 4.78 is 33.5. The van der Waals surface area contributed by atoms with Crippen LogP contribution in [0.2, 0.25) is 0 Å². The molecule has 6 rings (SSSR count). The minimum atomic E-state index is -0.531. The lowest BCUT2D eigenvalue weighted by Crippen LogP contribution is -2.21. The van der Waals surface area contributed by atoms with Gasteiger partial charge < -0.3 is 33.5 Å². The quantitative estimate of drug-likeness (QED) is 0.318. The van der Waals surface area contributed by atoms with Crippen LogP contribution in [-0.4, -0.2) is 44.3 Å². The molecule has 37 heavy (non-hydrogen) atoms. The summed E-state index contributed by atoms with van der Waals surface area (Å²) in [5.41, 5.74) is 2.28. The van der Waals surface area contributed by atoms with Gasteiger partial charge >= 0.3 is 5.97 Å². The maximum absolute atomic E-state index is 13.3. The van der Waals surface area contributed by atoms with Crippen LogP contribution >= 0.6 is 0 Å². The summed E-state index contributed by atoms with van der Waals surface area (Å²) in [6, 6.07) is 11.8. The van der Waals surface area contributed by atoms with Crippen LogP contribution in [0.5, 0.6) is 40.2 Å². The Hall–Kier alpha value is -4.66. The highest BCUT2D eigenvalue weighted by Gasteiger charge is 2.39. The molecule has 188 valence electrons. The van der Waals surface area contributed by atoms with E-state index in [0.29, 0.717) is 58.5 Å². The second kappa shape index (κ2) is 8.77. The van der Waals surface area contributed by atoms with Gasteiger partial charge in [0.25, 0.3) is 0 Å². The van der Waals surface area contributed by atoms with Crippen LogP contribution in [0.15, 0.2) is 48.2 Å². The normalized spacial score (nSPS) is 18.5. The number of aromatic hydroxyl groups is 1. The molecule has 0 bridgehead atoms. The molecular weight excluding hydrogens is 480 g/mol. The fraction of sp³-hybridized carbons (Fsp3) is 0.214. The van der Waals surface area contributed by atoms with E-state index >= 15 is 0 Å². The highest BCUT2D eigenvalue weighted by atomic mass is 16.6. The minimum absolute atomic E-state index is 0.000698. The molecule has 3 aromatic carbocycles. The smallest absolute Gasteiger partial charge is 0.312 e. The Morgan fingerprint density at radius 3 is 2.32 bits per heavy atom. The standard InChI is InChI=1S/C28H22O9/c1-32-21-11-15(12-22(33-2)27(21)31)17-13-24(29)36-19-6-4-16-26(30)23(37-28(16)25(17)19)10-14-3-5-18-20(9-14)35-8-7-34-18/h3-6,9-12,17,31H,7-8,13H2,1-2H3. The molecule has 1 unspecified atom stereocenters. The summed E-state index contributed by atoms with van der Waals surface area (Å²) >= 11 is 0. The van der Waals surface area contributed by atoms with Gasteiger partial charge in [-0.05, 0) is 53.6 Å². The van der Waals surface area contributed by atoms with Crippen molar-refractivity contribution in [3.8, 4) is 40.2 Å². The van der Waals surface area contributed by atoms with E-state index in [4.69, 9.17) is 28.4 Å². The summed E-state index contributed by atoms with van der Waals surface area (Å²) in [6.07, 6.45) is 1.64. The van der Waals surface area contributed by atoms with Crippen LogP contribution in [0.1, 0.15) is 39.4 Å². The predicted molar refractivity (Wildman–Crippen MR) is 130 cm³/mol. The van der Waals surface area contributed by atoms with Gasteiger partial charge in [0.2, 0.25) is 11.5 Å². The molecule has 3 aliphatic rings. The van der Waals surface area contributed by atoms with Crippen molar-refractivity contribution < 1.29 is 43.1 Å². The number of hydrogen-bond acceptors (Lipinski definition) is 9. The summed E-state index contributed by atoms with van der Waals surface area (Å²) in [7, 11) is 2.85. The highest BCUT2D eigenvalue weighted by molar-refractivity contribution is 6.15. The zero-order valence-corrected chi connectivity index (χ0v) is 20.0. The topological polar surface area (TPSA) is 110 Å². The molecule has 1 atom stereocenters. The zero-order valence-electron chi connectivity index (χ0n) is 20.0. The van der Waals surface area contributed by atoms with Crippen LogP contribution < -0.4 is 28.4 Å². The molecule has 0 aromatic heterocycles. The van der Waals surface area contributed by atoms with Crippen molar-refractivity contribution in [2.24, 2.45) is 0 Å². The van der Waals surface area contributed by atoms with Crippen molar-refractivity contribution in [1.82, 2.24) is 0 Å². The fourth-order valence-corrected chi connectivity index (χ4v) is 4.81. The third-order valence-electron chi connectivity index (χ3n) is 6.55. The number of allylic oxidation sites excluding steroid dienone is 1. The molecule has 9 heteroatoms. The van der Waals surface area contributed by atoms with E-state index in [-0.39, 0.29) is 35.2 Å². The van der Waals surface area contributed by atoms with Crippen molar-refractivity contribution in [1.29, 1.82) is 0 Å². The van der Waals surface area contributed by atoms with Gasteiger partial charge in [-0.2, -0.15) is 0 Å². The number of carbonyl (C=O) groups excluding carboxylic acids is 2. The maximum Gasteiger partial charge on any atom is 0.312 e. The van der Waals surface area contributed by atoms with Gasteiger partial charge in [0.05, 0.1) is 26.2 Å². The third-order valence-corrected chi connectivity index (χ3v) is 6.55. The molecule has 0 spiro atoms. The van der Waals surface area contributed by atoms with E-state index in [0.717, 1.165) is 0 Å². The molecule has 0 amide bonds. The van der Waals surface area contributed by atoms with E-state index in [2.05, 4.69) is 0 Å². The second-order valence-corrected chi connectivity index (χ2v) is 8.70. The van der Waals surface area contributed by atoms with Gasteiger partial charge in [-0.15, -0.1) is 0 Å². The van der Waals surface area contributed by atoms with Crippen LogP contribution in [-0.2, 0) is 4.79 Å². The number of phenols is 1. The SMILES string of the molecule is COc1cc(C2CC(=O)Oc3ccc4c(c32)OC(=Cc2ccc3c(c2)OCCO3)C4=O)cc(OC)c1O. The van der Waals surface area contributed by atoms with E-state index < -0.39 is 11.9 Å². The Labute approximate surface area is 211 Å². The molecule has 3 heterocycles. The number of hydrogen-bond donors (Lipinski definition) is 1. The largest absolute Gasteiger partial charge is 0.502 e. The summed E-state index contributed by atoms with van der Waals surface area (Å²) in [4.78, 5) is 25.8. The fourth-order valence-electron chi connectivity index (χ4n) is 4.81. The van der Waals surface area contributed by atoms with Gasteiger partial charge in [0.1, 0.15) is 24.7 Å². The molecule has 0 radical (unpaired) electrons. The molecule has 9 nitrogen and oxygen atoms in total. The van der Waals surface area contributed by atoms with E-state index in [1.807, 2.05) is 6.07 Å². The van der Waals surface area contributed by atoms with Crippen molar-refractivity contribution in [2.45, 2.75) is 12.3 Å². The second-order valence-electron chi connectivity index (χ2n) is 8.70. The molecule has 0 aliphatic carbocycles. The first-order valence-corrected chi connectivity index (χ1v) is 11.6. The molecule has 1 N–H and O–H groups in total. The van der Waals surface area contributed by atoms with Crippen LogP contribution in [0.4, 0.5) is 0 Å². The molecular formula is C28H22O9. The average molecular weight is 502 g/mol. The third kappa shape index (κ3) is 3.79. The monoisotopic (exact) mass is 502 g/mol. The predicted octanol–water partition coefficient (Wildman–Crippen LogP) is 4.24. The van der Waals surface area contributed by atoms with Crippen molar-refractivity contribution in [3.05, 3.63) is 70.5 Å². The lowest BCUT2D eigenvalue weighted by atomic mass is 9.84. The number of benzene rings is 3. The number of rotatable bonds is 4. The number of ether oxygens (including phenoxy) is 6. The first-order chi connectivity index (χ1) is 18.0. The van der Waals surface area contributed by atoms with Crippen LogP contribution in [0.25, 0.3) is 6.08 Å². The Bertz CT molecular complexity index is 1460. The summed E-state index contributed by atoms with van der Waals surface area (Å²) in [6.45, 7) is 0.937. The number of Topliss-reactive ketones (excluding diaryl/α,β-unsaturated/α-hetero) is 1. The van der Waals surface area contributed by atoms with Gasteiger partial charge in [0, 0.05) is 11.5 Å². The molecule has 3 aromatic rings. The Kier molecular flexibility index (Phi) is 5.40. The molecule has 0 saturated carbocycles. The molecule has 3 aliphatic heterocycles. The highest BCUT2D eigenvalue weighted by Crippen LogP contribution is 2.51. The zero-order chi connectivity index (χ0) is 25.7. The van der Waals surface area contributed by atoms with Crippen molar-refractivity contribution in [2.75, 3.05) is 27.4 Å². The summed E-state index contributed by atoms with van der Waals surface area (Å²) in [5.74, 6) is 1.00. The lowest BCUT2D eigenvalue weighted by Gasteiger charge is -2.27. The number of ketones is 1. The van der Waals surface area contributed by atoms with Crippen molar-refractivity contribution >= 4 is 17.8 Å². The lowest BCUT2D eigenvalue weighted by molar-refractivity contribution is -0.135. The average Bonchev–Trinajstić information content (AvgIpc) is 3.23. The first-order valence-electron chi connectivity index (χ1n) is 11.6. The van der Waals surface area contributed by atoms with Crippen LogP contribution in [0.3, 0.4) is 0 Å². The maximum atomic E-state index is 13.3. The number of carbonyl (C=O) groups is 2. The Morgan fingerprint density at radius 2 is 1.59 bits per heavy atom. The van der Waals surface area contributed by atoms with E-state index in [1.54, 1.807) is 42.5 Å². The number of fused-ring (bicyclic) bond motifs is 4. The van der Waals surface area contributed by atoms with E-state index in [9.17, 15) is 14.7 Å². The van der Waals surface area contributed by atoms with E-state index in [1.165, 1.54) is 14.2 Å².